The second kappa shape index (κ2) is 6.25. The molecule has 0 unspecified atom stereocenters. The van der Waals surface area contributed by atoms with E-state index in [1.807, 2.05) is 12.3 Å². The van der Waals surface area contributed by atoms with E-state index in [0.717, 1.165) is 0 Å². The fourth-order valence-corrected chi connectivity index (χ4v) is 1.26. The molecule has 14 heavy (non-hydrogen) atoms. The second-order valence-corrected chi connectivity index (χ2v) is 3.66. The molecule has 0 atom stereocenters. The molecule has 0 aromatic heterocycles. The molecule has 0 amide bonds. The predicted octanol–water partition coefficient (Wildman–Crippen LogP) is 3.88. The van der Waals surface area contributed by atoms with Gasteiger partial charge in [-0.05, 0) is 40.0 Å². The monoisotopic (exact) mass is 191 g/mol. The van der Waals surface area contributed by atoms with Crippen LogP contribution in [0.4, 0.5) is 0 Å². The summed E-state index contributed by atoms with van der Waals surface area (Å²) in [5.41, 5.74) is 2.46. The van der Waals surface area contributed by atoms with Crippen molar-refractivity contribution in [1.82, 2.24) is 4.90 Å². The van der Waals surface area contributed by atoms with Gasteiger partial charge in [-0.3, -0.25) is 0 Å². The Morgan fingerprint density at radius 3 is 2.07 bits per heavy atom. The average molecular weight is 191 g/mol. The minimum atomic E-state index is 0.423. The Hall–Kier alpha value is -1.24. The zero-order valence-corrected chi connectivity index (χ0v) is 9.75. The van der Waals surface area contributed by atoms with Gasteiger partial charge < -0.3 is 4.90 Å². The maximum absolute atomic E-state index is 3.83. The van der Waals surface area contributed by atoms with Crippen LogP contribution < -0.4 is 0 Å². The van der Waals surface area contributed by atoms with Gasteiger partial charge in [0.05, 0.1) is 0 Å². The molecule has 0 N–H and O–H groups in total. The van der Waals surface area contributed by atoms with Crippen molar-refractivity contribution < 1.29 is 0 Å². The van der Waals surface area contributed by atoms with Crippen LogP contribution in [0.15, 0.2) is 48.9 Å². The predicted molar refractivity (Wildman–Crippen MR) is 64.9 cm³/mol. The normalized spacial score (nSPS) is 10.4. The van der Waals surface area contributed by atoms with Crippen molar-refractivity contribution in [3.63, 3.8) is 0 Å². The molecule has 0 aromatic carbocycles. The highest BCUT2D eigenvalue weighted by Gasteiger charge is 2.07. The summed E-state index contributed by atoms with van der Waals surface area (Å²) < 4.78 is 0. The molecule has 0 saturated carbocycles. The highest BCUT2D eigenvalue weighted by molar-refractivity contribution is 5.26. The van der Waals surface area contributed by atoms with E-state index in [9.17, 15) is 0 Å². The fourth-order valence-electron chi connectivity index (χ4n) is 1.26. The van der Waals surface area contributed by atoms with E-state index < -0.39 is 0 Å². The standard InChI is InChI=1S/C13H21N/c1-7-9-10-13(11(3)4)14(8-2)12(5)6/h7-10,12H,1-2H2,3-6H3/b10-9-. The molecular formula is C13H21N. The van der Waals surface area contributed by atoms with Gasteiger partial charge in [-0.1, -0.05) is 30.9 Å². The Bertz CT molecular complexity index is 252. The van der Waals surface area contributed by atoms with Crippen LogP contribution in [-0.4, -0.2) is 10.9 Å². The highest BCUT2D eigenvalue weighted by Crippen LogP contribution is 2.15. The zero-order valence-electron chi connectivity index (χ0n) is 9.75. The molecule has 78 valence electrons. The molecule has 0 radical (unpaired) electrons. The Morgan fingerprint density at radius 2 is 1.79 bits per heavy atom. The summed E-state index contributed by atoms with van der Waals surface area (Å²) in [5.74, 6) is 0. The van der Waals surface area contributed by atoms with Crippen LogP contribution in [0.2, 0.25) is 0 Å². The van der Waals surface area contributed by atoms with Gasteiger partial charge in [0.25, 0.3) is 0 Å². The van der Waals surface area contributed by atoms with E-state index in [4.69, 9.17) is 0 Å². The van der Waals surface area contributed by atoms with E-state index in [-0.39, 0.29) is 0 Å². The second-order valence-electron chi connectivity index (χ2n) is 3.66. The Morgan fingerprint density at radius 1 is 1.21 bits per heavy atom. The van der Waals surface area contributed by atoms with Gasteiger partial charge in [0.2, 0.25) is 0 Å². The first-order valence-corrected chi connectivity index (χ1v) is 4.92. The first-order valence-electron chi connectivity index (χ1n) is 4.92. The van der Waals surface area contributed by atoms with Gasteiger partial charge in [0.15, 0.2) is 0 Å². The molecule has 0 spiro atoms. The van der Waals surface area contributed by atoms with Crippen molar-refractivity contribution in [3.8, 4) is 0 Å². The fraction of sp³-hybridized carbons (Fsp3) is 0.385. The number of allylic oxidation sites excluding steroid dienone is 4. The molecule has 0 heterocycles. The van der Waals surface area contributed by atoms with Gasteiger partial charge in [-0.2, -0.15) is 0 Å². The molecule has 0 aromatic rings. The van der Waals surface area contributed by atoms with Crippen molar-refractivity contribution in [2.45, 2.75) is 33.7 Å². The summed E-state index contributed by atoms with van der Waals surface area (Å²) in [5, 5.41) is 0. The van der Waals surface area contributed by atoms with Gasteiger partial charge >= 0.3 is 0 Å². The minimum Gasteiger partial charge on any atom is -0.346 e. The summed E-state index contributed by atoms with van der Waals surface area (Å²) in [4.78, 5) is 2.15. The van der Waals surface area contributed by atoms with Crippen molar-refractivity contribution in [3.05, 3.63) is 48.9 Å². The average Bonchev–Trinajstić information content (AvgIpc) is 2.10. The molecule has 0 saturated heterocycles. The molecule has 0 aliphatic rings. The number of hydrogen-bond acceptors (Lipinski definition) is 1. The van der Waals surface area contributed by atoms with Crippen molar-refractivity contribution in [2.75, 3.05) is 0 Å². The lowest BCUT2D eigenvalue weighted by Gasteiger charge is -2.26. The lowest BCUT2D eigenvalue weighted by Crippen LogP contribution is -2.24. The molecule has 0 bridgehead atoms. The summed E-state index contributed by atoms with van der Waals surface area (Å²) in [6.45, 7) is 16.0. The van der Waals surface area contributed by atoms with Crippen molar-refractivity contribution in [1.29, 1.82) is 0 Å². The SMILES string of the molecule is C=C/C=C\C(=C(C)C)N(C=C)C(C)C. The molecule has 0 aliphatic heterocycles. The van der Waals surface area contributed by atoms with Gasteiger partial charge in [-0.15, -0.1) is 0 Å². The quantitative estimate of drug-likeness (QED) is 0.596. The van der Waals surface area contributed by atoms with E-state index in [1.54, 1.807) is 6.08 Å². The molecule has 1 heteroatoms. The lowest BCUT2D eigenvalue weighted by atomic mass is 10.2. The summed E-state index contributed by atoms with van der Waals surface area (Å²) in [6.07, 6.45) is 7.65. The zero-order chi connectivity index (χ0) is 11.1. The van der Waals surface area contributed by atoms with Crippen LogP contribution in [0.3, 0.4) is 0 Å². The third-order valence-electron chi connectivity index (χ3n) is 1.93. The maximum atomic E-state index is 3.83. The topological polar surface area (TPSA) is 3.24 Å². The third-order valence-corrected chi connectivity index (χ3v) is 1.93. The van der Waals surface area contributed by atoms with Crippen LogP contribution in [-0.2, 0) is 0 Å². The van der Waals surface area contributed by atoms with Crippen molar-refractivity contribution >= 4 is 0 Å². The number of rotatable bonds is 5. The van der Waals surface area contributed by atoms with Gasteiger partial charge in [-0.25, -0.2) is 0 Å². The molecule has 1 nitrogen and oxygen atoms in total. The smallest absolute Gasteiger partial charge is 0.0394 e. The highest BCUT2D eigenvalue weighted by atomic mass is 15.1. The van der Waals surface area contributed by atoms with E-state index in [0.29, 0.717) is 6.04 Å². The number of nitrogens with zero attached hydrogens (tertiary/aromatic N) is 1. The Kier molecular flexibility index (Phi) is 5.70. The van der Waals surface area contributed by atoms with Gasteiger partial charge in [0.1, 0.15) is 0 Å². The van der Waals surface area contributed by atoms with Crippen LogP contribution in [0, 0.1) is 0 Å². The van der Waals surface area contributed by atoms with Crippen LogP contribution in [0.5, 0.6) is 0 Å². The van der Waals surface area contributed by atoms with Crippen LogP contribution >= 0.6 is 0 Å². The summed E-state index contributed by atoms with van der Waals surface area (Å²) in [6, 6.07) is 0.423. The molecule has 0 rings (SSSR count). The minimum absolute atomic E-state index is 0.423. The maximum Gasteiger partial charge on any atom is 0.0394 e. The third kappa shape index (κ3) is 3.65. The summed E-state index contributed by atoms with van der Waals surface area (Å²) >= 11 is 0. The first kappa shape index (κ1) is 12.8. The van der Waals surface area contributed by atoms with Crippen LogP contribution in [0.25, 0.3) is 0 Å². The Balaban J connectivity index is 5.00. The number of hydrogen-bond donors (Lipinski definition) is 0. The summed E-state index contributed by atoms with van der Waals surface area (Å²) in [7, 11) is 0. The molecular weight excluding hydrogens is 170 g/mol. The first-order chi connectivity index (χ1) is 6.54. The van der Waals surface area contributed by atoms with Crippen LogP contribution in [0.1, 0.15) is 27.7 Å². The largest absolute Gasteiger partial charge is 0.346 e. The van der Waals surface area contributed by atoms with E-state index >= 15 is 0 Å². The Labute approximate surface area is 88.1 Å². The lowest BCUT2D eigenvalue weighted by molar-refractivity contribution is 0.392. The van der Waals surface area contributed by atoms with Gasteiger partial charge in [0, 0.05) is 11.7 Å². The van der Waals surface area contributed by atoms with Crippen molar-refractivity contribution in [2.24, 2.45) is 0 Å². The molecule has 0 fully saturated rings. The van der Waals surface area contributed by atoms with E-state index in [2.05, 4.69) is 51.8 Å². The van der Waals surface area contributed by atoms with E-state index in [1.165, 1.54) is 11.3 Å². The molecule has 0 aliphatic carbocycles.